The Bertz CT molecular complexity index is 171. The van der Waals surface area contributed by atoms with Gasteiger partial charge in [-0.1, -0.05) is 19.8 Å². The molecule has 2 unspecified atom stereocenters. The molecule has 2 aliphatic rings. The summed E-state index contributed by atoms with van der Waals surface area (Å²) in [7, 11) is 0. The summed E-state index contributed by atoms with van der Waals surface area (Å²) in [5.41, 5.74) is 0. The minimum Gasteiger partial charge on any atom is -0.391 e. The number of hydrogen-bond acceptors (Lipinski definition) is 2. The number of aliphatic hydroxyl groups excluding tert-OH is 1. The van der Waals surface area contributed by atoms with Gasteiger partial charge in [-0.15, -0.1) is 0 Å². The molecule has 0 amide bonds. The first-order valence-electron chi connectivity index (χ1n) is 5.69. The Labute approximate surface area is 80.9 Å². The lowest BCUT2D eigenvalue weighted by Crippen LogP contribution is -2.44. The number of rotatable bonds is 1. The van der Waals surface area contributed by atoms with Crippen LogP contribution in [0.15, 0.2) is 0 Å². The van der Waals surface area contributed by atoms with Crippen molar-refractivity contribution < 1.29 is 5.11 Å². The fourth-order valence-electron chi connectivity index (χ4n) is 2.79. The summed E-state index contributed by atoms with van der Waals surface area (Å²) in [6.45, 7) is 4.74. The van der Waals surface area contributed by atoms with Crippen LogP contribution in [-0.2, 0) is 0 Å². The van der Waals surface area contributed by atoms with Crippen LogP contribution < -0.4 is 0 Å². The molecule has 0 aromatic rings. The van der Waals surface area contributed by atoms with Gasteiger partial charge in [0.25, 0.3) is 0 Å². The first-order valence-corrected chi connectivity index (χ1v) is 5.69. The molecule has 0 aromatic carbocycles. The Morgan fingerprint density at radius 1 is 1.15 bits per heavy atom. The van der Waals surface area contributed by atoms with Crippen LogP contribution in [0.3, 0.4) is 0 Å². The van der Waals surface area contributed by atoms with Gasteiger partial charge in [-0.2, -0.15) is 0 Å². The fraction of sp³-hybridized carbons (Fsp3) is 1.00. The molecule has 1 heterocycles. The summed E-state index contributed by atoms with van der Waals surface area (Å²) in [5.74, 6) is 0.842. The molecule has 2 fully saturated rings. The van der Waals surface area contributed by atoms with E-state index in [2.05, 4.69) is 11.8 Å². The van der Waals surface area contributed by atoms with Gasteiger partial charge in [0.15, 0.2) is 0 Å². The van der Waals surface area contributed by atoms with Gasteiger partial charge >= 0.3 is 0 Å². The molecule has 13 heavy (non-hydrogen) atoms. The van der Waals surface area contributed by atoms with E-state index >= 15 is 0 Å². The molecule has 0 aromatic heterocycles. The van der Waals surface area contributed by atoms with Crippen molar-refractivity contribution in [2.75, 3.05) is 13.1 Å². The number of likely N-dealkylation sites (tertiary alicyclic amines) is 1. The van der Waals surface area contributed by atoms with E-state index in [9.17, 15) is 5.11 Å². The standard InChI is InChI=1S/C11H21NO/c1-9-6-7-12(8-9)10-4-2-3-5-11(10)13/h9-11,13H,2-8H2,1H3/t9-,10?,11?/m1/s1. The largest absolute Gasteiger partial charge is 0.391 e. The number of hydrogen-bond donors (Lipinski definition) is 1. The van der Waals surface area contributed by atoms with Crippen molar-refractivity contribution in [2.45, 2.75) is 51.2 Å². The van der Waals surface area contributed by atoms with Gasteiger partial charge in [0.2, 0.25) is 0 Å². The van der Waals surface area contributed by atoms with Gasteiger partial charge < -0.3 is 5.11 Å². The van der Waals surface area contributed by atoms with Crippen LogP contribution >= 0.6 is 0 Å². The van der Waals surface area contributed by atoms with Crippen molar-refractivity contribution in [1.29, 1.82) is 0 Å². The van der Waals surface area contributed by atoms with E-state index in [1.807, 2.05) is 0 Å². The normalized spacial score (nSPS) is 42.5. The van der Waals surface area contributed by atoms with Crippen molar-refractivity contribution in [3.63, 3.8) is 0 Å². The average molecular weight is 183 g/mol. The molecular weight excluding hydrogens is 162 g/mol. The van der Waals surface area contributed by atoms with Crippen LogP contribution in [0.4, 0.5) is 0 Å². The molecule has 2 rings (SSSR count). The van der Waals surface area contributed by atoms with Crippen LogP contribution in [0, 0.1) is 5.92 Å². The van der Waals surface area contributed by atoms with Crippen LogP contribution in [0.1, 0.15) is 39.0 Å². The van der Waals surface area contributed by atoms with Crippen LogP contribution in [0.2, 0.25) is 0 Å². The molecule has 0 radical (unpaired) electrons. The minimum atomic E-state index is -0.0425. The molecule has 76 valence electrons. The van der Waals surface area contributed by atoms with Crippen molar-refractivity contribution in [3.05, 3.63) is 0 Å². The molecule has 2 heteroatoms. The van der Waals surface area contributed by atoms with E-state index in [-0.39, 0.29) is 6.10 Å². The third kappa shape index (κ3) is 2.05. The maximum atomic E-state index is 9.87. The number of aliphatic hydroxyl groups is 1. The maximum Gasteiger partial charge on any atom is 0.0695 e. The average Bonchev–Trinajstić information content (AvgIpc) is 2.53. The SMILES string of the molecule is C[C@@H]1CCN(C2CCCCC2O)C1. The summed E-state index contributed by atoms with van der Waals surface area (Å²) >= 11 is 0. The predicted octanol–water partition coefficient (Wildman–Crippen LogP) is 1.63. The highest BCUT2D eigenvalue weighted by Crippen LogP contribution is 2.27. The highest BCUT2D eigenvalue weighted by atomic mass is 16.3. The smallest absolute Gasteiger partial charge is 0.0695 e. The molecule has 1 saturated heterocycles. The van der Waals surface area contributed by atoms with Gasteiger partial charge in [0, 0.05) is 12.6 Å². The van der Waals surface area contributed by atoms with Crippen molar-refractivity contribution in [3.8, 4) is 0 Å². The Kier molecular flexibility index (Phi) is 2.89. The highest BCUT2D eigenvalue weighted by Gasteiger charge is 2.32. The molecule has 2 nitrogen and oxygen atoms in total. The quantitative estimate of drug-likeness (QED) is 0.668. The Morgan fingerprint density at radius 2 is 1.92 bits per heavy atom. The second-order valence-corrected chi connectivity index (χ2v) is 4.81. The highest BCUT2D eigenvalue weighted by molar-refractivity contribution is 4.86. The second-order valence-electron chi connectivity index (χ2n) is 4.81. The van der Waals surface area contributed by atoms with Gasteiger partial charge in [0.1, 0.15) is 0 Å². The monoisotopic (exact) mass is 183 g/mol. The summed E-state index contributed by atoms with van der Waals surface area (Å²) in [5, 5.41) is 9.87. The third-order valence-corrected chi connectivity index (χ3v) is 3.62. The fourth-order valence-corrected chi connectivity index (χ4v) is 2.79. The Morgan fingerprint density at radius 3 is 2.54 bits per heavy atom. The lowest BCUT2D eigenvalue weighted by Gasteiger charge is -2.35. The van der Waals surface area contributed by atoms with Crippen LogP contribution in [-0.4, -0.2) is 35.2 Å². The molecule has 1 aliphatic heterocycles. The van der Waals surface area contributed by atoms with E-state index in [0.29, 0.717) is 6.04 Å². The van der Waals surface area contributed by atoms with Crippen molar-refractivity contribution in [2.24, 2.45) is 5.92 Å². The molecule has 3 atom stereocenters. The van der Waals surface area contributed by atoms with Gasteiger partial charge in [-0.25, -0.2) is 0 Å². The van der Waals surface area contributed by atoms with Crippen LogP contribution in [0.25, 0.3) is 0 Å². The van der Waals surface area contributed by atoms with Gasteiger partial charge in [0.05, 0.1) is 6.10 Å². The zero-order valence-corrected chi connectivity index (χ0v) is 8.58. The van der Waals surface area contributed by atoms with Crippen molar-refractivity contribution in [1.82, 2.24) is 4.90 Å². The van der Waals surface area contributed by atoms with Crippen LogP contribution in [0.5, 0.6) is 0 Å². The first-order chi connectivity index (χ1) is 6.27. The summed E-state index contributed by atoms with van der Waals surface area (Å²) in [6.07, 6.45) is 6.05. The molecule has 0 spiro atoms. The first kappa shape index (κ1) is 9.47. The van der Waals surface area contributed by atoms with E-state index in [1.165, 1.54) is 38.8 Å². The summed E-state index contributed by atoms with van der Waals surface area (Å²) in [4.78, 5) is 2.51. The number of nitrogens with zero attached hydrogens (tertiary/aromatic N) is 1. The molecular formula is C11H21NO. The van der Waals surface area contributed by atoms with E-state index in [1.54, 1.807) is 0 Å². The van der Waals surface area contributed by atoms with E-state index in [4.69, 9.17) is 0 Å². The predicted molar refractivity (Wildman–Crippen MR) is 53.6 cm³/mol. The van der Waals surface area contributed by atoms with Crippen molar-refractivity contribution >= 4 is 0 Å². The minimum absolute atomic E-state index is 0.0425. The van der Waals surface area contributed by atoms with E-state index in [0.717, 1.165) is 12.3 Å². The molecule has 0 bridgehead atoms. The van der Waals surface area contributed by atoms with E-state index < -0.39 is 0 Å². The zero-order valence-electron chi connectivity index (χ0n) is 8.58. The topological polar surface area (TPSA) is 23.5 Å². The zero-order chi connectivity index (χ0) is 9.26. The summed E-state index contributed by atoms with van der Waals surface area (Å²) < 4.78 is 0. The summed E-state index contributed by atoms with van der Waals surface area (Å²) in [6, 6.07) is 0.485. The molecule has 1 aliphatic carbocycles. The maximum absolute atomic E-state index is 9.87. The Hall–Kier alpha value is -0.0800. The Balaban J connectivity index is 1.91. The molecule has 1 saturated carbocycles. The van der Waals surface area contributed by atoms with Gasteiger partial charge in [-0.3, -0.25) is 4.90 Å². The third-order valence-electron chi connectivity index (χ3n) is 3.62. The molecule has 1 N–H and O–H groups in total. The lowest BCUT2D eigenvalue weighted by atomic mass is 9.91. The van der Waals surface area contributed by atoms with Gasteiger partial charge in [-0.05, 0) is 31.7 Å². The lowest BCUT2D eigenvalue weighted by molar-refractivity contribution is 0.0297. The second kappa shape index (κ2) is 3.97.